The van der Waals surface area contributed by atoms with E-state index in [9.17, 15) is 9.59 Å². The Bertz CT molecular complexity index is 794. The van der Waals surface area contributed by atoms with Gasteiger partial charge in [-0.1, -0.05) is 32.8 Å². The zero-order valence-corrected chi connectivity index (χ0v) is 18.0. The molecule has 1 aromatic rings. The lowest BCUT2D eigenvalue weighted by molar-refractivity contribution is -0.137. The quantitative estimate of drug-likeness (QED) is 0.492. The average molecular weight is 401 g/mol. The summed E-state index contributed by atoms with van der Waals surface area (Å²) in [5.74, 6) is 1.43. The summed E-state index contributed by atoms with van der Waals surface area (Å²) >= 11 is 0. The predicted molar refractivity (Wildman–Crippen MR) is 113 cm³/mol. The molecule has 0 unspecified atom stereocenters. The van der Waals surface area contributed by atoms with E-state index in [1.165, 1.54) is 4.90 Å². The number of amides is 2. The summed E-state index contributed by atoms with van der Waals surface area (Å²) in [5.41, 5.74) is 1.74. The van der Waals surface area contributed by atoms with Gasteiger partial charge >= 0.3 is 0 Å². The molecule has 0 spiro atoms. The molecule has 3 rings (SSSR count). The van der Waals surface area contributed by atoms with Crippen LogP contribution in [0.4, 0.5) is 0 Å². The normalized spacial score (nSPS) is 18.1. The number of nitrogens with zero attached hydrogens (tertiary/aromatic N) is 2. The Hall–Kier alpha value is -2.50. The number of benzene rings is 1. The van der Waals surface area contributed by atoms with Crippen LogP contribution < -0.4 is 9.47 Å². The first-order valence-corrected chi connectivity index (χ1v) is 10.6. The number of carbonyl (C=O) groups is 2. The number of unbranched alkanes of at least 4 members (excludes halogenated alkanes) is 2. The molecule has 2 aliphatic heterocycles. The molecule has 2 amide bonds. The first-order valence-electron chi connectivity index (χ1n) is 10.6. The molecule has 2 aliphatic rings. The molecule has 0 saturated carbocycles. The number of methoxy groups -OCH3 is 2. The van der Waals surface area contributed by atoms with Gasteiger partial charge in [0.1, 0.15) is 5.70 Å². The van der Waals surface area contributed by atoms with Crippen LogP contribution >= 0.6 is 0 Å². The van der Waals surface area contributed by atoms with Crippen molar-refractivity contribution in [2.24, 2.45) is 5.92 Å². The maximum absolute atomic E-state index is 13.3. The third-order valence-corrected chi connectivity index (χ3v) is 5.90. The van der Waals surface area contributed by atoms with Gasteiger partial charge in [0.2, 0.25) is 0 Å². The summed E-state index contributed by atoms with van der Waals surface area (Å²) in [4.78, 5) is 30.2. The van der Waals surface area contributed by atoms with Crippen molar-refractivity contribution in [2.75, 3.05) is 33.9 Å². The highest BCUT2D eigenvalue weighted by Crippen LogP contribution is 2.37. The van der Waals surface area contributed by atoms with Crippen LogP contribution in [0.5, 0.6) is 11.5 Å². The second-order valence-corrected chi connectivity index (χ2v) is 7.93. The molecule has 1 fully saturated rings. The zero-order chi connectivity index (χ0) is 21.0. The Kier molecular flexibility index (Phi) is 6.83. The minimum atomic E-state index is -0.202. The lowest BCUT2D eigenvalue weighted by Gasteiger charge is -2.32. The minimum absolute atomic E-state index is 0.162. The SMILES string of the molecule is CCCCCN1C(=O)C(c2ccc(OC)c(OC)c2)=C(N2CCC(C)CC2)C1=O. The lowest BCUT2D eigenvalue weighted by atomic mass is 9.97. The minimum Gasteiger partial charge on any atom is -0.493 e. The molecule has 0 bridgehead atoms. The fourth-order valence-corrected chi connectivity index (χ4v) is 4.06. The van der Waals surface area contributed by atoms with Gasteiger partial charge in [-0.15, -0.1) is 0 Å². The van der Waals surface area contributed by atoms with Crippen molar-refractivity contribution in [3.05, 3.63) is 29.5 Å². The van der Waals surface area contributed by atoms with Gasteiger partial charge in [0, 0.05) is 19.6 Å². The molecule has 0 N–H and O–H groups in total. The maximum atomic E-state index is 13.3. The summed E-state index contributed by atoms with van der Waals surface area (Å²) in [5, 5.41) is 0. The molecule has 0 aliphatic carbocycles. The van der Waals surface area contributed by atoms with E-state index in [-0.39, 0.29) is 11.8 Å². The van der Waals surface area contributed by atoms with Gasteiger partial charge in [-0.25, -0.2) is 0 Å². The Morgan fingerprint density at radius 3 is 2.31 bits per heavy atom. The number of carbonyl (C=O) groups excluding carboxylic acids is 2. The summed E-state index contributed by atoms with van der Waals surface area (Å²) in [6, 6.07) is 5.42. The monoisotopic (exact) mass is 400 g/mol. The molecule has 29 heavy (non-hydrogen) atoms. The summed E-state index contributed by atoms with van der Waals surface area (Å²) in [6.07, 6.45) is 4.93. The predicted octanol–water partition coefficient (Wildman–Crippen LogP) is 3.71. The van der Waals surface area contributed by atoms with Crippen LogP contribution in [-0.4, -0.2) is 55.5 Å². The van der Waals surface area contributed by atoms with E-state index in [0.717, 1.165) is 45.2 Å². The second-order valence-electron chi connectivity index (χ2n) is 7.93. The van der Waals surface area contributed by atoms with E-state index >= 15 is 0 Å². The Labute approximate surface area is 173 Å². The molecule has 158 valence electrons. The average Bonchev–Trinajstić information content (AvgIpc) is 2.98. The van der Waals surface area contributed by atoms with E-state index in [2.05, 4.69) is 18.7 Å². The van der Waals surface area contributed by atoms with Crippen LogP contribution in [0, 0.1) is 5.92 Å². The molecular weight excluding hydrogens is 368 g/mol. The fourth-order valence-electron chi connectivity index (χ4n) is 4.06. The van der Waals surface area contributed by atoms with Gasteiger partial charge in [-0.05, 0) is 42.9 Å². The van der Waals surface area contributed by atoms with Crippen LogP contribution in [0.25, 0.3) is 5.57 Å². The van der Waals surface area contributed by atoms with E-state index in [0.29, 0.717) is 40.8 Å². The Morgan fingerprint density at radius 2 is 1.69 bits per heavy atom. The van der Waals surface area contributed by atoms with Crippen molar-refractivity contribution < 1.29 is 19.1 Å². The molecule has 0 aromatic heterocycles. The van der Waals surface area contributed by atoms with E-state index in [4.69, 9.17) is 9.47 Å². The standard InChI is InChI=1S/C23H32N2O4/c1-5-6-7-12-25-22(26)20(17-8-9-18(28-3)19(15-17)29-4)21(23(25)27)24-13-10-16(2)11-14-24/h8-9,15-16H,5-7,10-14H2,1-4H3. The van der Waals surface area contributed by atoms with Crippen molar-refractivity contribution in [2.45, 2.75) is 46.0 Å². The van der Waals surface area contributed by atoms with Gasteiger partial charge in [-0.2, -0.15) is 0 Å². The Morgan fingerprint density at radius 1 is 1.00 bits per heavy atom. The lowest BCUT2D eigenvalue weighted by Crippen LogP contribution is -2.38. The molecule has 6 nitrogen and oxygen atoms in total. The van der Waals surface area contributed by atoms with Crippen LogP contribution in [-0.2, 0) is 9.59 Å². The van der Waals surface area contributed by atoms with Crippen molar-refractivity contribution in [1.82, 2.24) is 9.80 Å². The molecule has 2 heterocycles. The number of piperidine rings is 1. The van der Waals surface area contributed by atoms with Gasteiger partial charge in [0.15, 0.2) is 11.5 Å². The van der Waals surface area contributed by atoms with Crippen LogP contribution in [0.2, 0.25) is 0 Å². The highest BCUT2D eigenvalue weighted by molar-refractivity contribution is 6.35. The number of hydrogen-bond acceptors (Lipinski definition) is 5. The van der Waals surface area contributed by atoms with Gasteiger partial charge < -0.3 is 14.4 Å². The van der Waals surface area contributed by atoms with Gasteiger partial charge in [0.05, 0.1) is 19.8 Å². The van der Waals surface area contributed by atoms with Crippen molar-refractivity contribution >= 4 is 17.4 Å². The number of hydrogen-bond donors (Lipinski definition) is 0. The second kappa shape index (κ2) is 9.33. The number of imide groups is 1. The largest absolute Gasteiger partial charge is 0.493 e. The topological polar surface area (TPSA) is 59.1 Å². The smallest absolute Gasteiger partial charge is 0.277 e. The van der Waals surface area contributed by atoms with Crippen molar-refractivity contribution in [1.29, 1.82) is 0 Å². The third kappa shape index (κ3) is 4.26. The van der Waals surface area contributed by atoms with Crippen molar-refractivity contribution in [3.63, 3.8) is 0 Å². The first kappa shape index (κ1) is 21.2. The summed E-state index contributed by atoms with van der Waals surface area (Å²) < 4.78 is 10.8. The van der Waals surface area contributed by atoms with Gasteiger partial charge in [-0.3, -0.25) is 14.5 Å². The molecule has 1 aromatic carbocycles. The van der Waals surface area contributed by atoms with Crippen LogP contribution in [0.3, 0.4) is 0 Å². The number of rotatable bonds is 8. The third-order valence-electron chi connectivity index (χ3n) is 5.90. The number of ether oxygens (including phenoxy) is 2. The highest BCUT2D eigenvalue weighted by atomic mass is 16.5. The van der Waals surface area contributed by atoms with E-state index in [1.807, 2.05) is 6.07 Å². The van der Waals surface area contributed by atoms with E-state index in [1.54, 1.807) is 26.4 Å². The molecule has 0 radical (unpaired) electrons. The van der Waals surface area contributed by atoms with E-state index < -0.39 is 0 Å². The fraction of sp³-hybridized carbons (Fsp3) is 0.565. The van der Waals surface area contributed by atoms with Crippen LogP contribution in [0.15, 0.2) is 23.9 Å². The first-order chi connectivity index (χ1) is 14.0. The number of likely N-dealkylation sites (tertiary alicyclic amines) is 1. The molecule has 1 saturated heterocycles. The van der Waals surface area contributed by atoms with Crippen LogP contribution in [0.1, 0.15) is 51.5 Å². The molecular formula is C23H32N2O4. The molecule has 0 atom stereocenters. The molecule has 6 heteroatoms. The van der Waals surface area contributed by atoms with Gasteiger partial charge in [0.25, 0.3) is 11.8 Å². The van der Waals surface area contributed by atoms with Crippen molar-refractivity contribution in [3.8, 4) is 11.5 Å². The summed E-state index contributed by atoms with van der Waals surface area (Å²) in [7, 11) is 3.15. The highest BCUT2D eigenvalue weighted by Gasteiger charge is 2.41. The maximum Gasteiger partial charge on any atom is 0.277 e. The summed E-state index contributed by atoms with van der Waals surface area (Å²) in [6.45, 7) is 6.42. The Balaban J connectivity index is 2.01. The zero-order valence-electron chi connectivity index (χ0n) is 18.0.